The minimum absolute atomic E-state index is 0. The highest BCUT2D eigenvalue weighted by molar-refractivity contribution is 6.28. The average Bonchev–Trinajstić information content (AvgIpc) is 3.93. The van der Waals surface area contributed by atoms with Crippen LogP contribution in [-0.2, 0) is 0 Å². The Morgan fingerprint density at radius 3 is 1.60 bits per heavy atom. The normalized spacial score (nSPS) is 14.7. The average molecular weight is 957 g/mol. The molecule has 0 radical (unpaired) electrons. The molecule has 0 saturated heterocycles. The zero-order valence-corrected chi connectivity index (χ0v) is 36.7. The van der Waals surface area contributed by atoms with Crippen molar-refractivity contribution in [3.8, 4) is 22.9 Å². The molecule has 0 fully saturated rings. The Morgan fingerprint density at radius 2 is 1.12 bits per heavy atom. The van der Waals surface area contributed by atoms with Gasteiger partial charge in [-0.1, -0.05) is 19.6 Å². The van der Waals surface area contributed by atoms with Gasteiger partial charge in [0.05, 0.1) is 59.9 Å². The van der Waals surface area contributed by atoms with E-state index in [2.05, 4.69) is 35.2 Å². The van der Waals surface area contributed by atoms with E-state index in [1.165, 1.54) is 48.8 Å². The molecule has 4 aromatic carbocycles. The molecule has 14 nitrogen and oxygen atoms in total. The van der Waals surface area contributed by atoms with Crippen LogP contribution in [0.5, 0.6) is 11.5 Å². The summed E-state index contributed by atoms with van der Waals surface area (Å²) in [6.45, 7) is 4.05. The van der Waals surface area contributed by atoms with Gasteiger partial charge in [0.1, 0.15) is 48.1 Å². The van der Waals surface area contributed by atoms with Crippen molar-refractivity contribution in [3.05, 3.63) is 173 Å². The number of anilines is 5. The minimum Gasteiger partial charge on any atom is -0.486 e. The fourth-order valence-corrected chi connectivity index (χ4v) is 7.36. The summed E-state index contributed by atoms with van der Waals surface area (Å²) in [7, 11) is 3.49. The summed E-state index contributed by atoms with van der Waals surface area (Å²) < 4.78 is 97.1. The van der Waals surface area contributed by atoms with E-state index >= 15 is 0 Å². The Morgan fingerprint density at radius 1 is 0.618 bits per heavy atom. The number of aromatic nitrogens is 8. The number of ether oxygens (including phenoxy) is 2. The smallest absolute Gasteiger partial charge is 0.229 e. The highest BCUT2D eigenvalue weighted by Gasteiger charge is 2.31. The second-order valence-electron chi connectivity index (χ2n) is 15.3. The largest absolute Gasteiger partial charge is 0.486 e. The van der Waals surface area contributed by atoms with Crippen LogP contribution in [0.3, 0.4) is 0 Å². The summed E-state index contributed by atoms with van der Waals surface area (Å²) in [4.78, 5) is 28.2. The molecular weight excluding hydrogens is 914 g/mol. The van der Waals surface area contributed by atoms with Crippen molar-refractivity contribution < 1.29 is 35.8 Å². The minimum atomic E-state index is -0.657. The number of aryl methyl sites for hydroxylation is 2. The molecule has 2 unspecified atom stereocenters. The molecule has 2 aliphatic rings. The van der Waals surface area contributed by atoms with E-state index in [9.17, 15) is 26.3 Å². The van der Waals surface area contributed by atoms with E-state index in [-0.39, 0.29) is 37.7 Å². The van der Waals surface area contributed by atoms with Crippen molar-refractivity contribution >= 4 is 40.6 Å². The van der Waals surface area contributed by atoms with Crippen molar-refractivity contribution in [1.29, 1.82) is 0 Å². The molecule has 352 valence electrons. The van der Waals surface area contributed by atoms with Gasteiger partial charge in [0.15, 0.2) is 23.1 Å². The number of nitrogens with zero attached hydrogens (tertiary/aromatic N) is 10. The van der Waals surface area contributed by atoms with Crippen molar-refractivity contribution in [1.82, 2.24) is 39.0 Å². The quantitative estimate of drug-likeness (QED) is 0.0928. The molecule has 68 heavy (non-hydrogen) atoms. The van der Waals surface area contributed by atoms with Crippen LogP contribution in [-0.4, -0.2) is 66.3 Å². The number of likely N-dealkylation sites (N-methyl/N-ethyl adjacent to an activating group) is 2. The summed E-state index contributed by atoms with van der Waals surface area (Å²) in [6, 6.07) is 15.3. The molecule has 2 atom stereocenters. The Kier molecular flexibility index (Phi) is 14.4. The molecular formula is C47H43ClF6N12O2. The fourth-order valence-electron chi connectivity index (χ4n) is 7.23. The van der Waals surface area contributed by atoms with Crippen molar-refractivity contribution in [2.75, 3.05) is 48.2 Å². The van der Waals surface area contributed by atoms with Crippen LogP contribution in [0.25, 0.3) is 11.4 Å². The van der Waals surface area contributed by atoms with E-state index in [1.807, 2.05) is 13.8 Å². The van der Waals surface area contributed by atoms with E-state index in [1.54, 1.807) is 82.3 Å². The first kappa shape index (κ1) is 48.1. The van der Waals surface area contributed by atoms with Gasteiger partial charge in [-0.05, 0) is 74.0 Å². The topological polar surface area (TPSA) is 150 Å². The SMILES string of the molecule is C.CN1c2nc(Cl)ncc2OCC1c1ccc(F)cc1F.Cc1cn(-c2ccc(N)cc2F)cn1.Cc1cn(-c2ccc(Nc3ncc4c(n3)N(C)C(c3ccc(F)cc3F)CO4)cc2F)cn1. The van der Waals surface area contributed by atoms with Crippen LogP contribution in [0.1, 0.15) is 42.0 Å². The van der Waals surface area contributed by atoms with E-state index in [0.717, 1.165) is 23.5 Å². The highest BCUT2D eigenvalue weighted by atomic mass is 35.5. The first-order valence-electron chi connectivity index (χ1n) is 20.3. The second-order valence-corrected chi connectivity index (χ2v) is 15.6. The van der Waals surface area contributed by atoms with Crippen molar-refractivity contribution in [2.24, 2.45) is 0 Å². The lowest BCUT2D eigenvalue weighted by Crippen LogP contribution is -2.35. The van der Waals surface area contributed by atoms with Gasteiger partial charge in [-0.15, -0.1) is 0 Å². The summed E-state index contributed by atoms with van der Waals surface area (Å²) in [6.07, 6.45) is 9.58. The molecule has 0 aliphatic carbocycles. The Hall–Kier alpha value is -7.87. The molecule has 21 heteroatoms. The predicted molar refractivity (Wildman–Crippen MR) is 246 cm³/mol. The number of nitrogen functional groups attached to an aromatic ring is 1. The zero-order valence-electron chi connectivity index (χ0n) is 36.0. The molecule has 2 aliphatic heterocycles. The van der Waals surface area contributed by atoms with Crippen molar-refractivity contribution in [2.45, 2.75) is 33.4 Å². The first-order valence-corrected chi connectivity index (χ1v) is 20.6. The molecule has 3 N–H and O–H groups in total. The summed E-state index contributed by atoms with van der Waals surface area (Å²) in [5, 5.41) is 3.06. The van der Waals surface area contributed by atoms with E-state index in [4.69, 9.17) is 26.8 Å². The van der Waals surface area contributed by atoms with E-state index in [0.29, 0.717) is 57.0 Å². The maximum Gasteiger partial charge on any atom is 0.229 e. The van der Waals surface area contributed by atoms with Gasteiger partial charge in [-0.25, -0.2) is 46.3 Å². The second kappa shape index (κ2) is 20.3. The lowest BCUT2D eigenvalue weighted by Gasteiger charge is -2.35. The lowest BCUT2D eigenvalue weighted by molar-refractivity contribution is 0.262. The molecule has 10 rings (SSSR count). The standard InChI is InChI=1S/C23H19F3N6O.C13H10ClF2N3O.C10H10FN3.CH4/c1-13-10-32(12-28-13)19-6-4-15(8-18(19)26)29-23-27-9-21-22(30-23)31(2)20(11-33-21)16-5-3-14(24)7-17(16)25;1-19-10(8-3-2-7(15)4-9(8)16)6-20-11-5-17-13(14)18-12(11)19;1-7-5-14(6-13-7)10-3-2-8(12)4-9(10)11;/h3-10,12,20H,11H2,1-2H3,(H,27,29,30);2-5,10H,6H2,1H3;2-6H,12H2,1H3;1H4. The molecule has 0 amide bonds. The number of rotatable bonds is 6. The van der Waals surface area contributed by atoms with Gasteiger partial charge in [0.25, 0.3) is 0 Å². The van der Waals surface area contributed by atoms with Crippen molar-refractivity contribution in [3.63, 3.8) is 0 Å². The van der Waals surface area contributed by atoms with Crippen LogP contribution in [0, 0.1) is 48.8 Å². The van der Waals surface area contributed by atoms with Gasteiger partial charge in [0.2, 0.25) is 11.2 Å². The number of nitrogens with two attached hydrogens (primary N) is 1. The van der Waals surface area contributed by atoms with Crippen LogP contribution in [0.15, 0.2) is 110 Å². The molecule has 0 spiro atoms. The number of nitrogens with one attached hydrogen (secondary N) is 1. The molecule has 8 aromatic rings. The van der Waals surface area contributed by atoms with Gasteiger partial charge in [-0.3, -0.25) is 0 Å². The fraction of sp³-hybridized carbons (Fsp3) is 0.191. The summed E-state index contributed by atoms with van der Waals surface area (Å²) >= 11 is 5.76. The first-order chi connectivity index (χ1) is 32.1. The maximum absolute atomic E-state index is 14.7. The number of imidazole rings is 2. The zero-order chi connectivity index (χ0) is 47.5. The van der Waals surface area contributed by atoms with Gasteiger partial charge < -0.3 is 39.5 Å². The third-order valence-corrected chi connectivity index (χ3v) is 10.8. The molecule has 0 bridgehead atoms. The number of hydrogen-bond donors (Lipinski definition) is 2. The van der Waals surface area contributed by atoms with Crippen LogP contribution >= 0.6 is 11.6 Å². The summed E-state index contributed by atoms with van der Waals surface area (Å²) in [5.41, 5.74) is 9.41. The van der Waals surface area contributed by atoms with Crippen LogP contribution < -0.4 is 30.3 Å². The molecule has 0 saturated carbocycles. The molecule has 4 aromatic heterocycles. The number of halogens is 7. The Balaban J connectivity index is 0.000000166. The van der Waals surface area contributed by atoms with Crippen LogP contribution in [0.4, 0.5) is 55.3 Å². The van der Waals surface area contributed by atoms with Crippen LogP contribution in [0.2, 0.25) is 5.28 Å². The Bertz CT molecular complexity index is 3080. The monoisotopic (exact) mass is 956 g/mol. The lowest BCUT2D eigenvalue weighted by atomic mass is 10.0. The number of hydrogen-bond acceptors (Lipinski definition) is 12. The summed E-state index contributed by atoms with van der Waals surface area (Å²) in [5.74, 6) is -1.29. The highest BCUT2D eigenvalue weighted by Crippen LogP contribution is 2.39. The number of fused-ring (bicyclic) bond motifs is 2. The Labute approximate surface area is 391 Å². The third kappa shape index (κ3) is 10.5. The predicted octanol–water partition coefficient (Wildman–Crippen LogP) is 10.2. The van der Waals surface area contributed by atoms with E-state index < -0.39 is 41.2 Å². The van der Waals surface area contributed by atoms with Gasteiger partial charge in [0, 0.05) is 61.1 Å². The number of benzene rings is 4. The maximum atomic E-state index is 14.7. The third-order valence-electron chi connectivity index (χ3n) is 10.6. The van der Waals surface area contributed by atoms with Gasteiger partial charge in [-0.2, -0.15) is 9.97 Å². The van der Waals surface area contributed by atoms with Gasteiger partial charge >= 0.3 is 0 Å². The molecule has 6 heterocycles.